The molecular formula is C11H20N2O4S2. The molecule has 19 heavy (non-hydrogen) atoms. The van der Waals surface area contributed by atoms with Crippen molar-refractivity contribution in [3.05, 3.63) is 21.3 Å². The van der Waals surface area contributed by atoms with Crippen LogP contribution in [0.3, 0.4) is 0 Å². The number of hydrogen-bond donors (Lipinski definition) is 0. The maximum atomic E-state index is 12.2. The molecule has 6 nitrogen and oxygen atoms in total. The van der Waals surface area contributed by atoms with Gasteiger partial charge in [0.2, 0.25) is 10.0 Å². The van der Waals surface area contributed by atoms with Crippen molar-refractivity contribution >= 4 is 21.8 Å². The number of nitro groups is 1. The first-order valence-electron chi connectivity index (χ1n) is 6.46. The molecule has 0 amide bonds. The molecule has 110 valence electrons. The predicted octanol–water partition coefficient (Wildman–Crippen LogP) is 2.41. The molecule has 1 aliphatic rings. The van der Waals surface area contributed by atoms with E-state index in [0.717, 1.165) is 37.6 Å². The zero-order chi connectivity index (χ0) is 14.3. The summed E-state index contributed by atoms with van der Waals surface area (Å²) >= 11 is 1.24. The van der Waals surface area contributed by atoms with Crippen LogP contribution in [0.1, 0.15) is 39.0 Å². The first-order chi connectivity index (χ1) is 8.97. The summed E-state index contributed by atoms with van der Waals surface area (Å²) in [6.07, 6.45) is 5.09. The van der Waals surface area contributed by atoms with Crippen LogP contribution < -0.4 is 0 Å². The second kappa shape index (κ2) is 7.74. The van der Waals surface area contributed by atoms with E-state index >= 15 is 0 Å². The fourth-order valence-corrected chi connectivity index (χ4v) is 4.75. The number of rotatable bonds is 7. The van der Waals surface area contributed by atoms with Crippen LogP contribution in [0.5, 0.6) is 0 Å². The van der Waals surface area contributed by atoms with Crippen LogP contribution in [0.15, 0.2) is 11.2 Å². The molecule has 0 bridgehead atoms. The minimum Gasteiger partial charge on any atom is -0.259 e. The third-order valence-corrected chi connectivity index (χ3v) is 5.89. The predicted molar refractivity (Wildman–Crippen MR) is 76.8 cm³/mol. The van der Waals surface area contributed by atoms with E-state index in [2.05, 4.69) is 6.92 Å². The SMILES string of the molecule is CCCCCCS(=O)(=O)N1CCCS/C1=C\[N+](=O)[O-]. The molecule has 1 fully saturated rings. The molecule has 0 aromatic heterocycles. The Morgan fingerprint density at radius 3 is 2.79 bits per heavy atom. The van der Waals surface area contributed by atoms with Gasteiger partial charge in [0.05, 0.1) is 10.7 Å². The molecule has 8 heteroatoms. The van der Waals surface area contributed by atoms with Gasteiger partial charge in [-0.25, -0.2) is 8.42 Å². The summed E-state index contributed by atoms with van der Waals surface area (Å²) in [5, 5.41) is 10.8. The zero-order valence-corrected chi connectivity index (χ0v) is 12.7. The lowest BCUT2D eigenvalue weighted by Crippen LogP contribution is -2.35. The van der Waals surface area contributed by atoms with Gasteiger partial charge in [-0.15, -0.1) is 11.8 Å². The Morgan fingerprint density at radius 1 is 1.42 bits per heavy atom. The molecule has 0 atom stereocenters. The maximum absolute atomic E-state index is 12.2. The summed E-state index contributed by atoms with van der Waals surface area (Å²) in [5.74, 6) is 0.796. The van der Waals surface area contributed by atoms with Crippen molar-refractivity contribution in [3.8, 4) is 0 Å². The number of unbranched alkanes of at least 4 members (excludes halogenated alkanes) is 3. The highest BCUT2D eigenvalue weighted by Crippen LogP contribution is 2.29. The highest BCUT2D eigenvalue weighted by atomic mass is 32.2. The Morgan fingerprint density at radius 2 is 2.16 bits per heavy atom. The van der Waals surface area contributed by atoms with Crippen molar-refractivity contribution in [2.75, 3.05) is 18.1 Å². The molecule has 0 spiro atoms. The topological polar surface area (TPSA) is 80.5 Å². The van der Waals surface area contributed by atoms with Crippen LogP contribution in [0.4, 0.5) is 0 Å². The van der Waals surface area contributed by atoms with Crippen LogP contribution in [0.25, 0.3) is 0 Å². The van der Waals surface area contributed by atoms with Crippen LogP contribution in [-0.4, -0.2) is 35.7 Å². The molecule has 0 aromatic rings. The first-order valence-corrected chi connectivity index (χ1v) is 9.05. The summed E-state index contributed by atoms with van der Waals surface area (Å²) in [6, 6.07) is 0. The lowest BCUT2D eigenvalue weighted by atomic mass is 10.2. The van der Waals surface area contributed by atoms with Gasteiger partial charge in [-0.1, -0.05) is 26.2 Å². The Kier molecular flexibility index (Phi) is 6.64. The quantitative estimate of drug-likeness (QED) is 0.410. The van der Waals surface area contributed by atoms with E-state index in [0.29, 0.717) is 13.0 Å². The highest BCUT2D eigenvalue weighted by molar-refractivity contribution is 8.04. The van der Waals surface area contributed by atoms with Gasteiger partial charge >= 0.3 is 0 Å². The molecule has 0 aliphatic carbocycles. The Hall–Kier alpha value is -0.760. The molecule has 1 aliphatic heterocycles. The molecule has 1 heterocycles. The molecule has 0 saturated carbocycles. The lowest BCUT2D eigenvalue weighted by Gasteiger charge is -2.28. The van der Waals surface area contributed by atoms with Crippen molar-refractivity contribution in [1.82, 2.24) is 4.31 Å². The highest BCUT2D eigenvalue weighted by Gasteiger charge is 2.28. The Labute approximate surface area is 118 Å². The van der Waals surface area contributed by atoms with Gasteiger partial charge in [0.25, 0.3) is 6.20 Å². The average molecular weight is 308 g/mol. The largest absolute Gasteiger partial charge is 0.265 e. The van der Waals surface area contributed by atoms with Gasteiger partial charge in [0, 0.05) is 12.3 Å². The van der Waals surface area contributed by atoms with Crippen molar-refractivity contribution in [2.45, 2.75) is 39.0 Å². The van der Waals surface area contributed by atoms with Crippen LogP contribution in [0.2, 0.25) is 0 Å². The van der Waals surface area contributed by atoms with Gasteiger partial charge in [-0.2, -0.15) is 0 Å². The van der Waals surface area contributed by atoms with Gasteiger partial charge in [0.1, 0.15) is 0 Å². The van der Waals surface area contributed by atoms with E-state index < -0.39 is 14.9 Å². The summed E-state index contributed by atoms with van der Waals surface area (Å²) in [5.41, 5.74) is 0. The van der Waals surface area contributed by atoms with Crippen molar-refractivity contribution < 1.29 is 13.3 Å². The van der Waals surface area contributed by atoms with E-state index in [4.69, 9.17) is 0 Å². The second-order valence-electron chi connectivity index (χ2n) is 4.40. The standard InChI is InChI=1S/C11H20N2O4S2/c1-2-3-4-5-9-19(16,17)12-7-6-8-18-11(12)10-13(14)15/h10H,2-9H2,1H3/b11-10-. The zero-order valence-electron chi connectivity index (χ0n) is 11.1. The summed E-state index contributed by atoms with van der Waals surface area (Å²) in [6.45, 7) is 2.41. The number of sulfonamides is 1. The molecule has 0 unspecified atom stereocenters. The molecule has 0 N–H and O–H groups in total. The summed E-state index contributed by atoms with van der Waals surface area (Å²) < 4.78 is 25.6. The van der Waals surface area contributed by atoms with Crippen LogP contribution in [0, 0.1) is 10.1 Å². The van der Waals surface area contributed by atoms with Crippen LogP contribution in [-0.2, 0) is 10.0 Å². The lowest BCUT2D eigenvalue weighted by molar-refractivity contribution is -0.403. The summed E-state index contributed by atoms with van der Waals surface area (Å²) in [7, 11) is -3.42. The normalized spacial score (nSPS) is 18.8. The number of nitrogens with zero attached hydrogens (tertiary/aromatic N) is 2. The molecule has 0 aromatic carbocycles. The van der Waals surface area contributed by atoms with E-state index in [1.165, 1.54) is 16.1 Å². The van der Waals surface area contributed by atoms with Gasteiger partial charge < -0.3 is 0 Å². The second-order valence-corrected chi connectivity index (χ2v) is 7.53. The fourth-order valence-electron chi connectivity index (χ4n) is 1.86. The minimum absolute atomic E-state index is 0.0720. The number of hydrogen-bond acceptors (Lipinski definition) is 5. The van der Waals surface area contributed by atoms with Crippen molar-refractivity contribution in [1.29, 1.82) is 0 Å². The van der Waals surface area contributed by atoms with Crippen LogP contribution >= 0.6 is 11.8 Å². The Bertz CT molecular complexity index is 434. The summed E-state index contributed by atoms with van der Waals surface area (Å²) in [4.78, 5) is 9.94. The first kappa shape index (κ1) is 16.3. The van der Waals surface area contributed by atoms with E-state index in [1.807, 2.05) is 0 Å². The third-order valence-electron chi connectivity index (χ3n) is 2.81. The molecule has 1 saturated heterocycles. The average Bonchev–Trinajstić information content (AvgIpc) is 2.34. The van der Waals surface area contributed by atoms with E-state index in [-0.39, 0.29) is 10.8 Å². The van der Waals surface area contributed by atoms with E-state index in [9.17, 15) is 18.5 Å². The van der Waals surface area contributed by atoms with Crippen molar-refractivity contribution in [3.63, 3.8) is 0 Å². The molecule has 1 rings (SSSR count). The molecule has 0 radical (unpaired) electrons. The van der Waals surface area contributed by atoms with Gasteiger partial charge in [-0.3, -0.25) is 14.4 Å². The van der Waals surface area contributed by atoms with Gasteiger partial charge in [-0.05, 0) is 12.8 Å². The fraction of sp³-hybridized carbons (Fsp3) is 0.818. The minimum atomic E-state index is -3.42. The molecular weight excluding hydrogens is 288 g/mol. The Balaban J connectivity index is 2.70. The smallest absolute Gasteiger partial charge is 0.259 e. The van der Waals surface area contributed by atoms with Crippen molar-refractivity contribution in [2.24, 2.45) is 0 Å². The third kappa shape index (κ3) is 5.40. The number of thioether (sulfide) groups is 1. The van der Waals surface area contributed by atoms with E-state index in [1.54, 1.807) is 0 Å². The maximum Gasteiger partial charge on any atom is 0.265 e. The monoisotopic (exact) mass is 308 g/mol. The van der Waals surface area contributed by atoms with Gasteiger partial charge in [0.15, 0.2) is 5.03 Å².